The standard InChI is InChI=1S/C20H20BrNO4/c1-13(26-17-9-7-16(21)8-10-17)19(23)22-12-15-6-4-3-5-14(15)11-18(22)20(24)25-2/h3-10,13,18H,11-12H2,1-2H3. The van der Waals surface area contributed by atoms with Crippen LogP contribution in [0.1, 0.15) is 18.1 Å². The molecule has 0 bridgehead atoms. The highest BCUT2D eigenvalue weighted by molar-refractivity contribution is 9.10. The van der Waals surface area contributed by atoms with Gasteiger partial charge in [0.2, 0.25) is 0 Å². The molecule has 0 radical (unpaired) electrons. The van der Waals surface area contributed by atoms with Crippen LogP contribution in [-0.4, -0.2) is 36.0 Å². The van der Waals surface area contributed by atoms with Crippen molar-refractivity contribution < 1.29 is 19.1 Å². The third-order valence-corrected chi connectivity index (χ3v) is 5.01. The minimum absolute atomic E-state index is 0.238. The maximum atomic E-state index is 13.0. The summed E-state index contributed by atoms with van der Waals surface area (Å²) in [6.45, 7) is 2.06. The van der Waals surface area contributed by atoms with Crippen molar-refractivity contribution in [2.75, 3.05) is 7.11 Å². The summed E-state index contributed by atoms with van der Waals surface area (Å²) in [7, 11) is 1.34. The van der Waals surface area contributed by atoms with Crippen molar-refractivity contribution in [2.24, 2.45) is 0 Å². The van der Waals surface area contributed by atoms with Crippen LogP contribution >= 0.6 is 15.9 Å². The molecule has 0 saturated carbocycles. The van der Waals surface area contributed by atoms with Gasteiger partial charge in [-0.2, -0.15) is 0 Å². The van der Waals surface area contributed by atoms with Crippen molar-refractivity contribution in [2.45, 2.75) is 32.0 Å². The molecule has 0 aliphatic carbocycles. The molecule has 1 amide bonds. The summed E-state index contributed by atoms with van der Waals surface area (Å²) >= 11 is 3.37. The van der Waals surface area contributed by atoms with Crippen molar-refractivity contribution in [1.82, 2.24) is 4.90 Å². The molecule has 2 aromatic rings. The molecule has 0 spiro atoms. The van der Waals surface area contributed by atoms with Crippen molar-refractivity contribution in [3.63, 3.8) is 0 Å². The van der Waals surface area contributed by atoms with Gasteiger partial charge in [0.25, 0.3) is 5.91 Å². The third kappa shape index (κ3) is 3.90. The van der Waals surface area contributed by atoms with E-state index in [4.69, 9.17) is 9.47 Å². The molecule has 0 aromatic heterocycles. The number of carbonyl (C=O) groups excluding carboxylic acids is 2. The lowest BCUT2D eigenvalue weighted by Gasteiger charge is -2.36. The van der Waals surface area contributed by atoms with E-state index in [0.29, 0.717) is 18.7 Å². The van der Waals surface area contributed by atoms with E-state index in [0.717, 1.165) is 15.6 Å². The number of hydrogen-bond donors (Lipinski definition) is 0. The second-order valence-electron chi connectivity index (χ2n) is 6.19. The van der Waals surface area contributed by atoms with Gasteiger partial charge < -0.3 is 14.4 Å². The first kappa shape index (κ1) is 18.5. The predicted octanol–water partition coefficient (Wildman–Crippen LogP) is 3.34. The van der Waals surface area contributed by atoms with Crippen LogP contribution in [0.4, 0.5) is 0 Å². The van der Waals surface area contributed by atoms with Crippen LogP contribution in [0.2, 0.25) is 0 Å². The third-order valence-electron chi connectivity index (χ3n) is 4.48. The molecule has 136 valence electrons. The number of rotatable bonds is 4. The van der Waals surface area contributed by atoms with E-state index in [-0.39, 0.29) is 5.91 Å². The second-order valence-corrected chi connectivity index (χ2v) is 7.11. The number of esters is 1. The summed E-state index contributed by atoms with van der Waals surface area (Å²) < 4.78 is 11.6. The molecule has 2 unspecified atom stereocenters. The topological polar surface area (TPSA) is 55.8 Å². The fourth-order valence-electron chi connectivity index (χ4n) is 3.10. The molecule has 2 aromatic carbocycles. The minimum Gasteiger partial charge on any atom is -0.481 e. The summed E-state index contributed by atoms with van der Waals surface area (Å²) in [6, 6.07) is 14.5. The summed E-state index contributed by atoms with van der Waals surface area (Å²) in [4.78, 5) is 26.8. The Bertz CT molecular complexity index is 806. The van der Waals surface area contributed by atoms with E-state index >= 15 is 0 Å². The van der Waals surface area contributed by atoms with Gasteiger partial charge in [0.1, 0.15) is 11.8 Å². The van der Waals surface area contributed by atoms with E-state index in [1.54, 1.807) is 24.0 Å². The zero-order valence-corrected chi connectivity index (χ0v) is 16.2. The first-order valence-corrected chi connectivity index (χ1v) is 9.16. The Balaban J connectivity index is 1.80. The van der Waals surface area contributed by atoms with Crippen LogP contribution in [0.5, 0.6) is 5.75 Å². The lowest BCUT2D eigenvalue weighted by Crippen LogP contribution is -2.52. The maximum Gasteiger partial charge on any atom is 0.328 e. The number of halogens is 1. The molecule has 5 nitrogen and oxygen atoms in total. The molecule has 1 heterocycles. The number of benzene rings is 2. The SMILES string of the molecule is COC(=O)C1Cc2ccccc2CN1C(=O)C(C)Oc1ccc(Br)cc1. The van der Waals surface area contributed by atoms with Gasteiger partial charge in [-0.15, -0.1) is 0 Å². The molecule has 6 heteroatoms. The Morgan fingerprint density at radius 3 is 2.42 bits per heavy atom. The number of hydrogen-bond acceptors (Lipinski definition) is 4. The fraction of sp³-hybridized carbons (Fsp3) is 0.300. The van der Waals surface area contributed by atoms with Gasteiger partial charge in [0.05, 0.1) is 7.11 Å². The largest absolute Gasteiger partial charge is 0.481 e. The molecule has 1 aliphatic rings. The van der Waals surface area contributed by atoms with E-state index in [1.165, 1.54) is 7.11 Å². The monoisotopic (exact) mass is 417 g/mol. The average Bonchev–Trinajstić information content (AvgIpc) is 2.67. The number of amides is 1. The minimum atomic E-state index is -0.714. The zero-order valence-electron chi connectivity index (χ0n) is 14.6. The lowest BCUT2D eigenvalue weighted by atomic mass is 9.93. The number of fused-ring (bicyclic) bond motifs is 1. The highest BCUT2D eigenvalue weighted by Gasteiger charge is 2.37. The Hall–Kier alpha value is -2.34. The van der Waals surface area contributed by atoms with Crippen LogP contribution in [0.3, 0.4) is 0 Å². The van der Waals surface area contributed by atoms with Gasteiger partial charge >= 0.3 is 5.97 Å². The molecule has 1 aliphatic heterocycles. The van der Waals surface area contributed by atoms with Crippen molar-refractivity contribution in [3.8, 4) is 5.75 Å². The number of nitrogens with zero attached hydrogens (tertiary/aromatic N) is 1. The van der Waals surface area contributed by atoms with Gasteiger partial charge in [-0.25, -0.2) is 4.79 Å². The van der Waals surface area contributed by atoms with Gasteiger partial charge in [0.15, 0.2) is 6.10 Å². The molecule has 0 fully saturated rings. The summed E-state index contributed by atoms with van der Waals surface area (Å²) in [6.07, 6.45) is -0.270. The lowest BCUT2D eigenvalue weighted by molar-refractivity contribution is -0.156. The highest BCUT2D eigenvalue weighted by atomic mass is 79.9. The predicted molar refractivity (Wildman–Crippen MR) is 101 cm³/mol. The molecule has 0 saturated heterocycles. The summed E-state index contributed by atoms with van der Waals surface area (Å²) in [5.41, 5.74) is 2.10. The van der Waals surface area contributed by atoms with Crippen LogP contribution in [0, 0.1) is 0 Å². The first-order chi connectivity index (χ1) is 12.5. The van der Waals surface area contributed by atoms with Gasteiger partial charge in [-0.1, -0.05) is 40.2 Å². The Kier molecular flexibility index (Phi) is 5.61. The number of ether oxygens (including phenoxy) is 2. The van der Waals surface area contributed by atoms with E-state index in [2.05, 4.69) is 15.9 Å². The quantitative estimate of drug-likeness (QED) is 0.715. The number of carbonyl (C=O) groups is 2. The van der Waals surface area contributed by atoms with Crippen LogP contribution in [-0.2, 0) is 27.3 Å². The van der Waals surface area contributed by atoms with Crippen molar-refractivity contribution in [3.05, 3.63) is 64.1 Å². The molecular weight excluding hydrogens is 398 g/mol. The van der Waals surface area contributed by atoms with E-state index in [1.807, 2.05) is 36.4 Å². The molecule has 0 N–H and O–H groups in total. The van der Waals surface area contributed by atoms with Crippen molar-refractivity contribution >= 4 is 27.8 Å². The summed E-state index contributed by atoms with van der Waals surface area (Å²) in [5, 5.41) is 0. The van der Waals surface area contributed by atoms with Crippen LogP contribution in [0.25, 0.3) is 0 Å². The maximum absolute atomic E-state index is 13.0. The zero-order chi connectivity index (χ0) is 18.7. The van der Waals surface area contributed by atoms with Gasteiger partial charge in [-0.3, -0.25) is 4.79 Å². The smallest absolute Gasteiger partial charge is 0.328 e. The van der Waals surface area contributed by atoms with Crippen molar-refractivity contribution in [1.29, 1.82) is 0 Å². The second kappa shape index (κ2) is 7.91. The molecule has 2 atom stereocenters. The van der Waals surface area contributed by atoms with Gasteiger partial charge in [0, 0.05) is 17.4 Å². The Labute approximate surface area is 161 Å². The van der Waals surface area contributed by atoms with Crippen LogP contribution in [0.15, 0.2) is 53.0 Å². The van der Waals surface area contributed by atoms with E-state index < -0.39 is 18.1 Å². The Morgan fingerprint density at radius 2 is 1.77 bits per heavy atom. The normalized spacial score (nSPS) is 17.2. The fourth-order valence-corrected chi connectivity index (χ4v) is 3.37. The number of methoxy groups -OCH3 is 1. The van der Waals surface area contributed by atoms with Gasteiger partial charge in [-0.05, 0) is 42.3 Å². The highest BCUT2D eigenvalue weighted by Crippen LogP contribution is 2.26. The van der Waals surface area contributed by atoms with Crippen LogP contribution < -0.4 is 4.74 Å². The first-order valence-electron chi connectivity index (χ1n) is 8.37. The average molecular weight is 418 g/mol. The molecule has 26 heavy (non-hydrogen) atoms. The van der Waals surface area contributed by atoms with E-state index in [9.17, 15) is 9.59 Å². The summed E-state index contributed by atoms with van der Waals surface area (Å²) in [5.74, 6) is -0.0532. The molecular formula is C20H20BrNO4. The Morgan fingerprint density at radius 1 is 1.12 bits per heavy atom. The molecule has 3 rings (SSSR count).